The monoisotopic (exact) mass is 343 g/mol. The third kappa shape index (κ3) is 5.04. The molecule has 3 N–H and O–H groups in total. The molecule has 2 rings (SSSR count). The van der Waals surface area contributed by atoms with E-state index >= 15 is 0 Å². The number of benzene rings is 1. The lowest BCUT2D eigenvalue weighted by molar-refractivity contribution is 0.00481. The van der Waals surface area contributed by atoms with Crippen molar-refractivity contribution in [1.82, 2.24) is 5.32 Å². The van der Waals surface area contributed by atoms with E-state index in [1.54, 1.807) is 6.07 Å². The molecule has 0 aliphatic carbocycles. The number of nitrogens with zero attached hydrogens (tertiary/aromatic N) is 1. The first-order valence-corrected chi connectivity index (χ1v) is 8.34. The fourth-order valence-corrected chi connectivity index (χ4v) is 3.25. The van der Waals surface area contributed by atoms with Gasteiger partial charge in [0, 0.05) is 23.2 Å². The lowest BCUT2D eigenvalue weighted by atomic mass is 9.96. The molecule has 0 saturated carbocycles. The summed E-state index contributed by atoms with van der Waals surface area (Å²) in [5.74, 6) is 0.983. The number of hydrogen-bond donors (Lipinski definition) is 2. The molecule has 1 aliphatic rings. The molecular weight excluding hydrogens is 321 g/mol. The van der Waals surface area contributed by atoms with Crippen molar-refractivity contribution in [1.29, 1.82) is 0 Å². The number of aliphatic imine (C=N–C) groups is 1. The van der Waals surface area contributed by atoms with Crippen LogP contribution < -0.4 is 11.1 Å². The lowest BCUT2D eigenvalue weighted by Crippen LogP contribution is -2.35. The van der Waals surface area contributed by atoms with Gasteiger partial charge in [-0.25, -0.2) is 0 Å². The van der Waals surface area contributed by atoms with Crippen LogP contribution in [0, 0.1) is 5.92 Å². The van der Waals surface area contributed by atoms with Crippen molar-refractivity contribution in [2.24, 2.45) is 16.6 Å². The van der Waals surface area contributed by atoms with Crippen LogP contribution in [-0.2, 0) is 4.74 Å². The zero-order chi connectivity index (χ0) is 16.1. The van der Waals surface area contributed by atoms with Gasteiger partial charge in [-0.15, -0.1) is 0 Å². The number of nitrogens with two attached hydrogens (primary N) is 1. The van der Waals surface area contributed by atoms with Crippen molar-refractivity contribution in [2.75, 3.05) is 13.2 Å². The summed E-state index contributed by atoms with van der Waals surface area (Å²) in [6, 6.07) is 5.42. The standard InChI is InChI=1S/C16H23Cl2N3O/c1-10-7-12(5-6-22-10)9-20-16(19)21-11(2)14-4-3-13(17)8-15(14)18/h3-4,8,10-12H,5-7,9H2,1-2H3,(H3,19,20,21). The van der Waals surface area contributed by atoms with Gasteiger partial charge in [-0.05, 0) is 50.3 Å². The molecule has 1 fully saturated rings. The first-order chi connectivity index (χ1) is 10.5. The number of ether oxygens (including phenoxy) is 1. The van der Waals surface area contributed by atoms with Crippen molar-refractivity contribution >= 4 is 29.2 Å². The molecule has 22 heavy (non-hydrogen) atoms. The zero-order valence-electron chi connectivity index (χ0n) is 13.0. The fourth-order valence-electron chi connectivity index (χ4n) is 2.68. The second-order valence-electron chi connectivity index (χ2n) is 5.83. The number of rotatable bonds is 4. The minimum atomic E-state index is -0.0258. The molecule has 3 atom stereocenters. The summed E-state index contributed by atoms with van der Waals surface area (Å²) in [4.78, 5) is 4.45. The van der Waals surface area contributed by atoms with Crippen LogP contribution in [-0.4, -0.2) is 25.2 Å². The van der Waals surface area contributed by atoms with E-state index in [-0.39, 0.29) is 6.04 Å². The third-order valence-electron chi connectivity index (χ3n) is 3.91. The number of nitrogens with one attached hydrogen (secondary N) is 1. The van der Waals surface area contributed by atoms with E-state index in [9.17, 15) is 0 Å². The minimum absolute atomic E-state index is 0.0258. The molecule has 0 amide bonds. The van der Waals surface area contributed by atoms with Crippen LogP contribution in [0.25, 0.3) is 0 Å². The normalized spacial score (nSPS) is 24.1. The molecule has 3 unspecified atom stereocenters. The van der Waals surface area contributed by atoms with Crippen LogP contribution in [0.1, 0.15) is 38.3 Å². The van der Waals surface area contributed by atoms with Crippen molar-refractivity contribution in [3.8, 4) is 0 Å². The van der Waals surface area contributed by atoms with Crippen LogP contribution in [0.5, 0.6) is 0 Å². The molecule has 1 aromatic rings. The van der Waals surface area contributed by atoms with Crippen molar-refractivity contribution in [2.45, 2.75) is 38.8 Å². The van der Waals surface area contributed by atoms with E-state index in [0.717, 1.165) is 31.6 Å². The molecule has 0 radical (unpaired) electrons. The predicted octanol–water partition coefficient (Wildman–Crippen LogP) is 3.77. The van der Waals surface area contributed by atoms with Crippen LogP contribution in [0.2, 0.25) is 10.0 Å². The van der Waals surface area contributed by atoms with Gasteiger partial charge in [0.2, 0.25) is 0 Å². The Kier molecular flexibility index (Phi) is 6.36. The SMILES string of the molecule is CC1CC(CN=C(N)NC(C)c2ccc(Cl)cc2Cl)CCO1. The number of guanidine groups is 1. The van der Waals surface area contributed by atoms with Crippen LogP contribution >= 0.6 is 23.2 Å². The third-order valence-corrected chi connectivity index (χ3v) is 4.47. The average molecular weight is 344 g/mol. The molecule has 1 aromatic carbocycles. The highest BCUT2D eigenvalue weighted by Gasteiger charge is 2.19. The maximum Gasteiger partial charge on any atom is 0.189 e. The van der Waals surface area contributed by atoms with Gasteiger partial charge < -0.3 is 15.8 Å². The van der Waals surface area contributed by atoms with Crippen molar-refractivity contribution < 1.29 is 4.74 Å². The predicted molar refractivity (Wildman–Crippen MR) is 92.6 cm³/mol. The van der Waals surface area contributed by atoms with E-state index in [0.29, 0.717) is 28.0 Å². The molecule has 6 heteroatoms. The van der Waals surface area contributed by atoms with Gasteiger partial charge in [0.05, 0.1) is 12.1 Å². The van der Waals surface area contributed by atoms with Gasteiger partial charge in [0.1, 0.15) is 0 Å². The zero-order valence-corrected chi connectivity index (χ0v) is 14.5. The Morgan fingerprint density at radius 3 is 2.95 bits per heavy atom. The van der Waals surface area contributed by atoms with Crippen molar-refractivity contribution in [3.05, 3.63) is 33.8 Å². The van der Waals surface area contributed by atoms with E-state index < -0.39 is 0 Å². The summed E-state index contributed by atoms with van der Waals surface area (Å²) >= 11 is 12.1. The molecule has 0 aromatic heterocycles. The second kappa shape index (κ2) is 8.04. The largest absolute Gasteiger partial charge is 0.378 e. The summed E-state index contributed by atoms with van der Waals surface area (Å²) in [6.07, 6.45) is 2.39. The molecule has 1 saturated heterocycles. The summed E-state index contributed by atoms with van der Waals surface area (Å²) < 4.78 is 5.54. The Morgan fingerprint density at radius 1 is 1.50 bits per heavy atom. The summed E-state index contributed by atoms with van der Waals surface area (Å²) in [6.45, 7) is 5.63. The second-order valence-corrected chi connectivity index (χ2v) is 6.67. The Labute approximate surface area is 142 Å². The summed E-state index contributed by atoms with van der Waals surface area (Å²) in [5, 5.41) is 4.42. The number of halogens is 2. The maximum atomic E-state index is 6.20. The highest BCUT2D eigenvalue weighted by Crippen LogP contribution is 2.26. The van der Waals surface area contributed by atoms with Gasteiger partial charge in [-0.3, -0.25) is 4.99 Å². The highest BCUT2D eigenvalue weighted by atomic mass is 35.5. The quantitative estimate of drug-likeness (QED) is 0.646. The van der Waals surface area contributed by atoms with E-state index in [2.05, 4.69) is 17.2 Å². The highest BCUT2D eigenvalue weighted by molar-refractivity contribution is 6.35. The molecule has 4 nitrogen and oxygen atoms in total. The van der Waals surface area contributed by atoms with E-state index in [4.69, 9.17) is 33.7 Å². The molecule has 0 bridgehead atoms. The van der Waals surface area contributed by atoms with E-state index in [1.807, 2.05) is 19.1 Å². The summed E-state index contributed by atoms with van der Waals surface area (Å²) in [5.41, 5.74) is 6.93. The van der Waals surface area contributed by atoms with Crippen molar-refractivity contribution in [3.63, 3.8) is 0 Å². The smallest absolute Gasteiger partial charge is 0.189 e. The Morgan fingerprint density at radius 2 is 2.27 bits per heavy atom. The molecule has 122 valence electrons. The number of hydrogen-bond acceptors (Lipinski definition) is 2. The average Bonchev–Trinajstić information content (AvgIpc) is 2.45. The van der Waals surface area contributed by atoms with Gasteiger partial charge in [0.25, 0.3) is 0 Å². The Balaban J connectivity index is 1.89. The summed E-state index contributed by atoms with van der Waals surface area (Å²) in [7, 11) is 0. The van der Waals surface area contributed by atoms with Gasteiger partial charge >= 0.3 is 0 Å². The minimum Gasteiger partial charge on any atom is -0.378 e. The molecule has 0 spiro atoms. The van der Waals surface area contributed by atoms with E-state index in [1.165, 1.54) is 0 Å². The lowest BCUT2D eigenvalue weighted by Gasteiger charge is -2.26. The van der Waals surface area contributed by atoms with Crippen LogP contribution in [0.4, 0.5) is 0 Å². The first kappa shape index (κ1) is 17.4. The van der Waals surface area contributed by atoms with Gasteiger partial charge in [-0.2, -0.15) is 0 Å². The van der Waals surface area contributed by atoms with Crippen LogP contribution in [0.3, 0.4) is 0 Å². The Hall–Kier alpha value is -0.970. The molecular formula is C16H23Cl2N3O. The van der Waals surface area contributed by atoms with Crippen LogP contribution in [0.15, 0.2) is 23.2 Å². The first-order valence-electron chi connectivity index (χ1n) is 7.58. The maximum absolute atomic E-state index is 6.20. The molecule has 1 heterocycles. The molecule has 1 aliphatic heterocycles. The topological polar surface area (TPSA) is 59.6 Å². The van der Waals surface area contributed by atoms with Gasteiger partial charge in [0.15, 0.2) is 5.96 Å². The van der Waals surface area contributed by atoms with Gasteiger partial charge in [-0.1, -0.05) is 29.3 Å². The Bertz CT molecular complexity index is 536. The fraction of sp³-hybridized carbons (Fsp3) is 0.562.